The van der Waals surface area contributed by atoms with Gasteiger partial charge in [-0.15, -0.1) is 0 Å². The Morgan fingerprint density at radius 3 is 2.46 bits per heavy atom. The summed E-state index contributed by atoms with van der Waals surface area (Å²) in [4.78, 5) is 20.7. The largest absolute Gasteiger partial charge is 0.511 e. The van der Waals surface area contributed by atoms with Crippen LogP contribution >= 0.6 is 0 Å². The maximum atomic E-state index is 13.0. The van der Waals surface area contributed by atoms with Crippen LogP contribution in [0, 0.1) is 19.7 Å². The van der Waals surface area contributed by atoms with Crippen LogP contribution in [0.1, 0.15) is 35.7 Å². The Morgan fingerprint density at radius 2 is 1.85 bits per heavy atom. The summed E-state index contributed by atoms with van der Waals surface area (Å²) in [6.07, 6.45) is 1.83. The molecule has 6 nitrogen and oxygen atoms in total. The van der Waals surface area contributed by atoms with Crippen molar-refractivity contribution in [1.29, 1.82) is 0 Å². The molecule has 0 radical (unpaired) electrons. The van der Waals surface area contributed by atoms with Crippen molar-refractivity contribution in [1.82, 2.24) is 9.97 Å². The Morgan fingerprint density at radius 1 is 1.19 bits per heavy atom. The van der Waals surface area contributed by atoms with Gasteiger partial charge in [-0.2, -0.15) is 5.10 Å². The predicted molar refractivity (Wildman–Crippen MR) is 96.7 cm³/mol. The van der Waals surface area contributed by atoms with Crippen molar-refractivity contribution >= 4 is 17.9 Å². The quantitative estimate of drug-likeness (QED) is 0.647. The molecule has 26 heavy (non-hydrogen) atoms. The molecule has 0 aliphatic heterocycles. The van der Waals surface area contributed by atoms with E-state index in [1.165, 1.54) is 18.3 Å². The molecule has 0 amide bonds. The fourth-order valence-corrected chi connectivity index (χ4v) is 2.96. The highest BCUT2D eigenvalue weighted by Crippen LogP contribution is 2.33. The van der Waals surface area contributed by atoms with Crippen LogP contribution in [-0.4, -0.2) is 27.1 Å². The molecule has 1 atom stereocenters. The summed E-state index contributed by atoms with van der Waals surface area (Å²) < 4.78 is 13.0. The molecule has 7 heteroatoms. The summed E-state index contributed by atoms with van der Waals surface area (Å²) in [6.45, 7) is 3.69. The average Bonchev–Trinajstić information content (AvgIpc) is 2.57. The van der Waals surface area contributed by atoms with Crippen molar-refractivity contribution in [2.75, 3.05) is 5.43 Å². The number of nitrogens with one attached hydrogen (secondary N) is 1. The van der Waals surface area contributed by atoms with Gasteiger partial charge in [0.1, 0.15) is 11.6 Å². The number of anilines is 1. The number of benzene rings is 1. The number of carbonyl (C=O) groups excluding carboxylic acids is 1. The van der Waals surface area contributed by atoms with E-state index in [1.807, 2.05) is 19.9 Å². The van der Waals surface area contributed by atoms with Gasteiger partial charge in [0.25, 0.3) is 0 Å². The Bertz CT molecular complexity index is 871. The zero-order chi connectivity index (χ0) is 18.7. The number of hydrogen-bond acceptors (Lipinski definition) is 6. The molecule has 1 heterocycles. The van der Waals surface area contributed by atoms with Gasteiger partial charge in [-0.05, 0) is 43.5 Å². The number of rotatable bonds is 4. The number of ketones is 1. The normalized spacial score (nSPS) is 17.8. The molecule has 0 bridgehead atoms. The highest BCUT2D eigenvalue weighted by atomic mass is 19.1. The lowest BCUT2D eigenvalue weighted by Gasteiger charge is -2.22. The minimum atomic E-state index is -0.330. The van der Waals surface area contributed by atoms with Gasteiger partial charge in [0, 0.05) is 24.2 Å². The first-order valence-corrected chi connectivity index (χ1v) is 8.24. The second kappa shape index (κ2) is 7.43. The van der Waals surface area contributed by atoms with Crippen LogP contribution in [0.15, 0.2) is 46.8 Å². The van der Waals surface area contributed by atoms with Gasteiger partial charge in [-0.1, -0.05) is 12.1 Å². The monoisotopic (exact) mass is 354 g/mol. The van der Waals surface area contributed by atoms with Crippen LogP contribution in [0.2, 0.25) is 0 Å². The van der Waals surface area contributed by atoms with Gasteiger partial charge in [-0.25, -0.2) is 19.8 Å². The molecule has 1 aliphatic carbocycles. The van der Waals surface area contributed by atoms with E-state index in [9.17, 15) is 14.3 Å². The first-order chi connectivity index (χ1) is 12.4. The van der Waals surface area contributed by atoms with Crippen molar-refractivity contribution in [2.45, 2.75) is 32.6 Å². The lowest BCUT2D eigenvalue weighted by molar-refractivity contribution is -0.116. The molecule has 1 unspecified atom stereocenters. The summed E-state index contributed by atoms with van der Waals surface area (Å²) in [5, 5.41) is 14.2. The summed E-state index contributed by atoms with van der Waals surface area (Å²) >= 11 is 0. The summed E-state index contributed by atoms with van der Waals surface area (Å²) in [5.74, 6) is -0.414. The highest BCUT2D eigenvalue weighted by molar-refractivity contribution is 6.14. The molecule has 2 aromatic rings. The van der Waals surface area contributed by atoms with Crippen LogP contribution in [0.3, 0.4) is 0 Å². The molecule has 2 N–H and O–H groups in total. The summed E-state index contributed by atoms with van der Waals surface area (Å²) in [7, 11) is 0. The van der Waals surface area contributed by atoms with Gasteiger partial charge in [0.15, 0.2) is 5.78 Å². The van der Waals surface area contributed by atoms with E-state index in [-0.39, 0.29) is 35.3 Å². The molecular formula is C19H19FN4O2. The Balaban J connectivity index is 1.72. The average molecular weight is 354 g/mol. The number of Topliss-reactive ketones (excluding diaryl/α,β-unsaturated/α-hetero) is 1. The van der Waals surface area contributed by atoms with Crippen LogP contribution in [0.5, 0.6) is 0 Å². The third-order valence-corrected chi connectivity index (χ3v) is 4.16. The fourth-order valence-electron chi connectivity index (χ4n) is 2.96. The molecule has 1 aromatic carbocycles. The molecule has 0 spiro atoms. The second-order valence-electron chi connectivity index (χ2n) is 6.28. The van der Waals surface area contributed by atoms with Crippen molar-refractivity contribution in [2.24, 2.45) is 5.10 Å². The minimum Gasteiger partial charge on any atom is -0.511 e. The molecule has 1 aliphatic rings. The SMILES string of the molecule is Cc1cc(C)nc(N/N=C/C2=C(O)CC(c3ccc(F)cc3)CC2=O)n1. The van der Waals surface area contributed by atoms with Gasteiger partial charge >= 0.3 is 0 Å². The zero-order valence-electron chi connectivity index (χ0n) is 14.5. The minimum absolute atomic E-state index is 0.0255. The highest BCUT2D eigenvalue weighted by Gasteiger charge is 2.27. The first-order valence-electron chi connectivity index (χ1n) is 8.24. The molecule has 0 fully saturated rings. The second-order valence-corrected chi connectivity index (χ2v) is 6.28. The van der Waals surface area contributed by atoms with E-state index in [2.05, 4.69) is 20.5 Å². The lowest BCUT2D eigenvalue weighted by atomic mass is 9.83. The molecular weight excluding hydrogens is 335 g/mol. The molecule has 3 rings (SSSR count). The Labute approximate surface area is 150 Å². The number of halogens is 1. The van der Waals surface area contributed by atoms with Gasteiger partial charge in [0.2, 0.25) is 5.95 Å². The van der Waals surface area contributed by atoms with E-state index in [1.54, 1.807) is 12.1 Å². The van der Waals surface area contributed by atoms with Gasteiger partial charge < -0.3 is 5.11 Å². The first kappa shape index (κ1) is 17.7. The number of allylic oxidation sites excluding steroid dienone is 2. The molecule has 134 valence electrons. The van der Waals surface area contributed by atoms with Crippen molar-refractivity contribution < 1.29 is 14.3 Å². The number of hydrazone groups is 1. The van der Waals surface area contributed by atoms with Gasteiger partial charge in [0.05, 0.1) is 11.8 Å². The number of nitrogens with zero attached hydrogens (tertiary/aromatic N) is 3. The maximum Gasteiger partial charge on any atom is 0.243 e. The van der Waals surface area contributed by atoms with Crippen molar-refractivity contribution in [3.63, 3.8) is 0 Å². The predicted octanol–water partition coefficient (Wildman–Crippen LogP) is 3.59. The lowest BCUT2D eigenvalue weighted by Crippen LogP contribution is -2.19. The number of carbonyl (C=O) groups is 1. The molecule has 0 saturated carbocycles. The standard InChI is InChI=1S/C19H19FN4O2/c1-11-7-12(2)23-19(22-11)24-21-10-16-17(25)8-14(9-18(16)26)13-3-5-15(20)6-4-13/h3-7,10,14,25H,8-9H2,1-2H3,(H,22,23,24)/b21-10+. The van der Waals surface area contributed by atoms with Crippen LogP contribution in [0.4, 0.5) is 10.3 Å². The van der Waals surface area contributed by atoms with Crippen LogP contribution in [0.25, 0.3) is 0 Å². The van der Waals surface area contributed by atoms with Crippen molar-refractivity contribution in [3.8, 4) is 0 Å². The van der Waals surface area contributed by atoms with E-state index >= 15 is 0 Å². The maximum absolute atomic E-state index is 13.0. The topological polar surface area (TPSA) is 87.5 Å². The van der Waals surface area contributed by atoms with Gasteiger partial charge in [-0.3, -0.25) is 4.79 Å². The number of aromatic nitrogens is 2. The number of hydrogen-bond donors (Lipinski definition) is 2. The van der Waals surface area contributed by atoms with Crippen LogP contribution < -0.4 is 5.43 Å². The van der Waals surface area contributed by atoms with E-state index in [0.717, 1.165) is 17.0 Å². The summed E-state index contributed by atoms with van der Waals surface area (Å²) in [5.41, 5.74) is 5.26. The Hall–Kier alpha value is -3.09. The van der Waals surface area contributed by atoms with E-state index in [0.29, 0.717) is 12.4 Å². The summed E-state index contributed by atoms with van der Waals surface area (Å²) in [6, 6.07) is 7.82. The Kier molecular flexibility index (Phi) is 5.06. The van der Waals surface area contributed by atoms with E-state index in [4.69, 9.17) is 0 Å². The van der Waals surface area contributed by atoms with E-state index < -0.39 is 0 Å². The molecule has 0 saturated heterocycles. The number of aliphatic hydroxyl groups excluding tert-OH is 1. The third kappa shape index (κ3) is 4.11. The molecule has 1 aromatic heterocycles. The smallest absolute Gasteiger partial charge is 0.243 e. The number of aliphatic hydroxyl groups is 1. The van der Waals surface area contributed by atoms with Crippen LogP contribution in [-0.2, 0) is 4.79 Å². The zero-order valence-corrected chi connectivity index (χ0v) is 14.5. The fraction of sp³-hybridized carbons (Fsp3) is 0.263. The third-order valence-electron chi connectivity index (χ3n) is 4.16. The van der Waals surface area contributed by atoms with Crippen molar-refractivity contribution in [3.05, 3.63) is 64.4 Å². The number of aryl methyl sites for hydroxylation is 2.